The fourth-order valence-electron chi connectivity index (χ4n) is 3.24. The van der Waals surface area contributed by atoms with Gasteiger partial charge in [0.1, 0.15) is 36.5 Å². The molecule has 0 unspecified atom stereocenters. The second kappa shape index (κ2) is 12.6. The lowest BCUT2D eigenvalue weighted by Crippen LogP contribution is -2.28. The van der Waals surface area contributed by atoms with Gasteiger partial charge in [-0.25, -0.2) is 4.39 Å². The first-order valence-corrected chi connectivity index (χ1v) is 10.7. The molecule has 0 radical (unpaired) electrons. The summed E-state index contributed by atoms with van der Waals surface area (Å²) in [6, 6.07) is 18.5. The Kier molecular flexibility index (Phi) is 9.25. The van der Waals surface area contributed by atoms with Gasteiger partial charge >= 0.3 is 0 Å². The molecule has 0 aliphatic rings. The quantitative estimate of drug-likeness (QED) is 0.269. The smallest absolute Gasteiger partial charge is 0.224 e. The number of carbonyl (C=O) groups is 1. The SMILES string of the molecule is COCOCCOc1ccc(OC)cc1CN(C(C)=O)c1cc(F)ccc1Oc1ccccc1. The van der Waals surface area contributed by atoms with Crippen molar-refractivity contribution < 1.29 is 32.9 Å². The molecule has 0 bridgehead atoms. The van der Waals surface area contributed by atoms with Crippen LogP contribution in [0.4, 0.5) is 10.1 Å². The van der Waals surface area contributed by atoms with Crippen molar-refractivity contribution in [2.75, 3.05) is 39.1 Å². The Balaban J connectivity index is 1.90. The third-order valence-electron chi connectivity index (χ3n) is 4.85. The highest BCUT2D eigenvalue weighted by atomic mass is 19.1. The van der Waals surface area contributed by atoms with Crippen LogP contribution in [-0.2, 0) is 20.8 Å². The van der Waals surface area contributed by atoms with Gasteiger partial charge in [-0.05, 0) is 42.5 Å². The highest BCUT2D eigenvalue weighted by Crippen LogP contribution is 2.35. The van der Waals surface area contributed by atoms with E-state index in [1.165, 1.54) is 30.0 Å². The standard InChI is InChI=1S/C26H28FNO6/c1-19(29)28(24-16-21(27)9-11-26(24)34-22-7-5-4-6-8-22)17-20-15-23(31-3)10-12-25(20)33-14-13-32-18-30-2/h4-12,15-16H,13-14,17-18H2,1-3H3. The lowest BCUT2D eigenvalue weighted by Gasteiger charge is -2.25. The van der Waals surface area contributed by atoms with E-state index in [2.05, 4.69) is 0 Å². The number of methoxy groups -OCH3 is 2. The van der Waals surface area contributed by atoms with Crippen molar-refractivity contribution in [1.29, 1.82) is 0 Å². The van der Waals surface area contributed by atoms with Gasteiger partial charge in [-0.1, -0.05) is 18.2 Å². The van der Waals surface area contributed by atoms with Crippen LogP contribution in [0.5, 0.6) is 23.0 Å². The highest BCUT2D eigenvalue weighted by molar-refractivity contribution is 5.93. The molecule has 0 saturated carbocycles. The molecule has 7 nitrogen and oxygen atoms in total. The first-order chi connectivity index (χ1) is 16.5. The van der Waals surface area contributed by atoms with Gasteiger partial charge in [0, 0.05) is 25.7 Å². The van der Waals surface area contributed by atoms with Crippen molar-refractivity contribution in [1.82, 2.24) is 0 Å². The van der Waals surface area contributed by atoms with Crippen molar-refractivity contribution in [3.63, 3.8) is 0 Å². The van der Waals surface area contributed by atoms with E-state index < -0.39 is 5.82 Å². The van der Waals surface area contributed by atoms with Gasteiger partial charge in [-0.15, -0.1) is 0 Å². The molecule has 0 atom stereocenters. The summed E-state index contributed by atoms with van der Waals surface area (Å²) >= 11 is 0. The molecule has 180 valence electrons. The van der Waals surface area contributed by atoms with Crippen LogP contribution < -0.4 is 19.1 Å². The predicted octanol–water partition coefficient (Wildman–Crippen LogP) is 5.18. The van der Waals surface area contributed by atoms with E-state index in [-0.39, 0.29) is 25.9 Å². The number of hydrogen-bond acceptors (Lipinski definition) is 6. The molecule has 0 aliphatic heterocycles. The maximum atomic E-state index is 14.3. The van der Waals surface area contributed by atoms with Crippen molar-refractivity contribution in [2.24, 2.45) is 0 Å². The Morgan fingerprint density at radius 3 is 2.38 bits per heavy atom. The monoisotopic (exact) mass is 469 g/mol. The minimum Gasteiger partial charge on any atom is -0.497 e. The van der Waals surface area contributed by atoms with Crippen LogP contribution in [0.15, 0.2) is 66.7 Å². The number of carbonyl (C=O) groups excluding carboxylic acids is 1. The zero-order valence-electron chi connectivity index (χ0n) is 19.5. The molecule has 3 aromatic rings. The van der Waals surface area contributed by atoms with Crippen LogP contribution in [0, 0.1) is 5.82 Å². The number of para-hydroxylation sites is 1. The third kappa shape index (κ3) is 6.94. The number of ether oxygens (including phenoxy) is 5. The minimum absolute atomic E-state index is 0.107. The third-order valence-corrected chi connectivity index (χ3v) is 4.85. The summed E-state index contributed by atoms with van der Waals surface area (Å²) in [4.78, 5) is 14.1. The molecule has 1 amide bonds. The lowest BCUT2D eigenvalue weighted by atomic mass is 10.1. The summed E-state index contributed by atoms with van der Waals surface area (Å²) in [5, 5.41) is 0. The van der Waals surface area contributed by atoms with Crippen molar-refractivity contribution in [2.45, 2.75) is 13.5 Å². The van der Waals surface area contributed by atoms with Crippen LogP contribution in [0.25, 0.3) is 0 Å². The van der Waals surface area contributed by atoms with Crippen LogP contribution in [-0.4, -0.2) is 40.1 Å². The molecule has 0 N–H and O–H groups in total. The zero-order valence-corrected chi connectivity index (χ0v) is 19.5. The Labute approximate surface area is 198 Å². The normalized spacial score (nSPS) is 10.6. The number of amides is 1. The molecule has 0 aliphatic carbocycles. The van der Waals surface area contributed by atoms with Crippen molar-refractivity contribution in [3.8, 4) is 23.0 Å². The molecule has 0 aromatic heterocycles. The Hall–Kier alpha value is -3.62. The summed E-state index contributed by atoms with van der Waals surface area (Å²) in [5.41, 5.74) is 0.977. The van der Waals surface area contributed by atoms with Crippen LogP contribution in [0.2, 0.25) is 0 Å². The molecular weight excluding hydrogens is 441 g/mol. The number of rotatable bonds is 12. The second-order valence-corrected chi connectivity index (χ2v) is 7.27. The van der Waals surface area contributed by atoms with Gasteiger partial charge in [0.25, 0.3) is 0 Å². The molecule has 3 aromatic carbocycles. The Morgan fingerprint density at radius 1 is 0.912 bits per heavy atom. The lowest BCUT2D eigenvalue weighted by molar-refractivity contribution is -0.116. The fraction of sp³-hybridized carbons (Fsp3) is 0.269. The Bertz CT molecular complexity index is 1080. The van der Waals surface area contributed by atoms with E-state index >= 15 is 0 Å². The Morgan fingerprint density at radius 2 is 1.68 bits per heavy atom. The van der Waals surface area contributed by atoms with Gasteiger partial charge in [0.2, 0.25) is 5.91 Å². The van der Waals surface area contributed by atoms with Gasteiger partial charge in [-0.2, -0.15) is 0 Å². The molecule has 0 heterocycles. The van der Waals surface area contributed by atoms with Crippen LogP contribution in [0.1, 0.15) is 12.5 Å². The summed E-state index contributed by atoms with van der Waals surface area (Å²) in [5.74, 6) is 1.29. The van der Waals surface area contributed by atoms with E-state index in [0.29, 0.717) is 40.9 Å². The van der Waals surface area contributed by atoms with E-state index in [9.17, 15) is 9.18 Å². The van der Waals surface area contributed by atoms with E-state index in [4.69, 9.17) is 23.7 Å². The number of nitrogens with zero attached hydrogens (tertiary/aromatic N) is 1. The molecule has 34 heavy (non-hydrogen) atoms. The predicted molar refractivity (Wildman–Crippen MR) is 126 cm³/mol. The number of anilines is 1. The van der Waals surface area contributed by atoms with Crippen molar-refractivity contribution >= 4 is 11.6 Å². The largest absolute Gasteiger partial charge is 0.497 e. The van der Waals surface area contributed by atoms with E-state index in [0.717, 1.165) is 0 Å². The average molecular weight is 470 g/mol. The molecule has 0 spiro atoms. The highest BCUT2D eigenvalue weighted by Gasteiger charge is 2.21. The topological polar surface area (TPSA) is 66.5 Å². The number of hydrogen-bond donors (Lipinski definition) is 0. The van der Waals surface area contributed by atoms with Crippen LogP contribution >= 0.6 is 0 Å². The molecule has 0 fully saturated rings. The maximum absolute atomic E-state index is 14.3. The summed E-state index contributed by atoms with van der Waals surface area (Å²) in [7, 11) is 3.10. The van der Waals surface area contributed by atoms with E-state index in [1.54, 1.807) is 44.6 Å². The van der Waals surface area contributed by atoms with E-state index in [1.807, 2.05) is 18.2 Å². The number of benzene rings is 3. The minimum atomic E-state index is -0.487. The average Bonchev–Trinajstić information content (AvgIpc) is 2.84. The van der Waals surface area contributed by atoms with Gasteiger partial charge in [0.05, 0.1) is 25.9 Å². The van der Waals surface area contributed by atoms with Gasteiger partial charge < -0.3 is 28.6 Å². The molecule has 0 saturated heterocycles. The zero-order chi connectivity index (χ0) is 24.3. The van der Waals surface area contributed by atoms with Gasteiger partial charge in [-0.3, -0.25) is 4.79 Å². The maximum Gasteiger partial charge on any atom is 0.224 e. The first-order valence-electron chi connectivity index (χ1n) is 10.7. The second-order valence-electron chi connectivity index (χ2n) is 7.27. The fourth-order valence-corrected chi connectivity index (χ4v) is 3.24. The van der Waals surface area contributed by atoms with Crippen LogP contribution in [0.3, 0.4) is 0 Å². The summed E-state index contributed by atoms with van der Waals surface area (Å²) in [6.45, 7) is 2.30. The first kappa shape index (κ1) is 25.0. The number of halogens is 1. The molecular formula is C26H28FNO6. The molecule has 8 heteroatoms. The molecule has 3 rings (SSSR count). The van der Waals surface area contributed by atoms with Gasteiger partial charge in [0.15, 0.2) is 5.75 Å². The summed E-state index contributed by atoms with van der Waals surface area (Å²) < 4.78 is 41.6. The summed E-state index contributed by atoms with van der Waals surface area (Å²) in [6.07, 6.45) is 0. The van der Waals surface area contributed by atoms with Crippen molar-refractivity contribution in [3.05, 3.63) is 78.1 Å².